The molecule has 1 aromatic rings. The molecule has 0 aliphatic carbocycles. The molecule has 202 valence electrons. The van der Waals surface area contributed by atoms with Crippen molar-refractivity contribution in [2.45, 2.75) is 56.2 Å². The van der Waals surface area contributed by atoms with Crippen LogP contribution in [0.25, 0.3) is 0 Å². The van der Waals surface area contributed by atoms with E-state index in [2.05, 4.69) is 4.99 Å². The van der Waals surface area contributed by atoms with Crippen LogP contribution in [0.1, 0.15) is 32.8 Å². The van der Waals surface area contributed by atoms with E-state index in [1.165, 1.54) is 25.1 Å². The number of rotatable bonds is 8. The summed E-state index contributed by atoms with van der Waals surface area (Å²) in [6.45, 7) is 3.16. The summed E-state index contributed by atoms with van der Waals surface area (Å²) in [5, 5.41) is 29.2. The maximum Gasteiger partial charge on any atom is 0.426 e. The highest BCUT2D eigenvalue weighted by Gasteiger charge is 2.53. The Morgan fingerprint density at radius 1 is 1.27 bits per heavy atom. The summed E-state index contributed by atoms with van der Waals surface area (Å²) >= 11 is 0. The van der Waals surface area contributed by atoms with E-state index in [-0.39, 0.29) is 17.9 Å². The molecule has 0 unspecified atom stereocenters. The molecule has 3 rings (SSSR count). The number of amides is 3. The molecule has 0 aromatic heterocycles. The summed E-state index contributed by atoms with van der Waals surface area (Å²) in [7, 11) is -3.50. The predicted molar refractivity (Wildman–Crippen MR) is 124 cm³/mol. The number of nitrogens with zero attached hydrogens (tertiary/aromatic N) is 2. The Labute approximate surface area is 212 Å². The number of hydrogen-bond donors (Lipinski definition) is 6. The van der Waals surface area contributed by atoms with Crippen molar-refractivity contribution in [3.8, 4) is 11.5 Å². The lowest BCUT2D eigenvalue weighted by Crippen LogP contribution is -2.67. The van der Waals surface area contributed by atoms with E-state index >= 15 is 0 Å². The van der Waals surface area contributed by atoms with E-state index in [1.807, 2.05) is 10.9 Å². The first-order valence-electron chi connectivity index (χ1n) is 10.9. The van der Waals surface area contributed by atoms with Crippen LogP contribution < -0.4 is 10.9 Å². The van der Waals surface area contributed by atoms with Gasteiger partial charge in [0.05, 0.1) is 5.56 Å². The van der Waals surface area contributed by atoms with E-state index in [0.29, 0.717) is 0 Å². The molecule has 1 saturated heterocycles. The molecule has 1 aromatic carbocycles. The third-order valence-corrected chi connectivity index (χ3v) is 7.25. The number of para-hydroxylation sites is 1. The molecule has 0 radical (unpaired) electrons. The highest BCUT2D eigenvalue weighted by molar-refractivity contribution is 7.74. The minimum absolute atomic E-state index is 0.0449. The van der Waals surface area contributed by atoms with Gasteiger partial charge in [0.2, 0.25) is 11.8 Å². The fourth-order valence-electron chi connectivity index (χ4n) is 3.95. The lowest BCUT2D eigenvalue weighted by Gasteiger charge is -2.46. The van der Waals surface area contributed by atoms with Gasteiger partial charge in [-0.15, -0.1) is 0 Å². The minimum Gasteiger partial charge on any atom is -0.504 e. The third kappa shape index (κ3) is 5.37. The first-order valence-corrected chi connectivity index (χ1v) is 12.1. The van der Waals surface area contributed by atoms with Crippen LogP contribution in [0.15, 0.2) is 23.2 Å². The van der Waals surface area contributed by atoms with E-state index in [4.69, 9.17) is 9.47 Å². The summed E-state index contributed by atoms with van der Waals surface area (Å²) in [4.78, 5) is 53.4. The SMILES string of the molecule is C[C@@H]1CC(=O)N1[C@@H](C(=O)O)[C@](C)(COC(=O)NNC(=O)[C@H]1N=C(c2cccc(O)c2O)O[C@@H]1C)[SH](=O)=O. The number of aromatic hydroxyl groups is 2. The van der Waals surface area contributed by atoms with Crippen molar-refractivity contribution >= 4 is 40.5 Å². The highest BCUT2D eigenvalue weighted by atomic mass is 32.2. The Kier molecular flexibility index (Phi) is 7.80. The molecule has 5 N–H and O–H groups in total. The van der Waals surface area contributed by atoms with Crippen LogP contribution in [-0.2, 0) is 34.6 Å². The number of ether oxygens (including phenoxy) is 2. The highest BCUT2D eigenvalue weighted by Crippen LogP contribution is 2.32. The smallest absolute Gasteiger partial charge is 0.426 e. The molecule has 3 amide bonds. The van der Waals surface area contributed by atoms with Crippen LogP contribution in [0.4, 0.5) is 4.79 Å². The number of nitrogens with one attached hydrogen (secondary N) is 2. The fraction of sp³-hybridized carbons (Fsp3) is 0.476. The zero-order valence-electron chi connectivity index (χ0n) is 19.9. The number of carbonyl (C=O) groups is 4. The number of thiol groups is 1. The molecule has 2 aliphatic heterocycles. The van der Waals surface area contributed by atoms with E-state index in [0.717, 1.165) is 11.8 Å². The maximum atomic E-state index is 12.5. The summed E-state index contributed by atoms with van der Waals surface area (Å²) in [5.74, 6) is -4.01. The van der Waals surface area contributed by atoms with Crippen molar-refractivity contribution < 1.29 is 52.4 Å². The van der Waals surface area contributed by atoms with Crippen molar-refractivity contribution in [3.63, 3.8) is 0 Å². The number of carboxylic acid groups (broad SMARTS) is 1. The monoisotopic (exact) mass is 542 g/mol. The topological polar surface area (TPSA) is 221 Å². The van der Waals surface area contributed by atoms with Crippen LogP contribution in [0.3, 0.4) is 0 Å². The Bertz CT molecular complexity index is 1220. The second-order valence-electron chi connectivity index (χ2n) is 8.77. The number of carbonyl (C=O) groups excluding carboxylic acids is 3. The second-order valence-corrected chi connectivity index (χ2v) is 10.3. The molecule has 0 bridgehead atoms. The lowest BCUT2D eigenvalue weighted by molar-refractivity contribution is -0.163. The predicted octanol–water partition coefficient (Wildman–Crippen LogP) is -1.17. The van der Waals surface area contributed by atoms with Crippen molar-refractivity contribution in [3.05, 3.63) is 23.8 Å². The molecule has 2 heterocycles. The van der Waals surface area contributed by atoms with Crippen molar-refractivity contribution in [2.75, 3.05) is 6.61 Å². The normalized spacial score (nSPS) is 23.2. The number of carboxylic acids is 1. The molecule has 5 atom stereocenters. The molecular weight excluding hydrogens is 516 g/mol. The fourth-order valence-corrected chi connectivity index (χ4v) is 4.55. The number of aliphatic imine (C=N–C) groups is 1. The zero-order chi connectivity index (χ0) is 27.7. The van der Waals surface area contributed by atoms with E-state index in [1.54, 1.807) is 6.92 Å². The molecule has 1 fully saturated rings. The Morgan fingerprint density at radius 2 is 1.95 bits per heavy atom. The van der Waals surface area contributed by atoms with Crippen LogP contribution in [0, 0.1) is 0 Å². The van der Waals surface area contributed by atoms with Gasteiger partial charge < -0.3 is 29.7 Å². The van der Waals surface area contributed by atoms with Gasteiger partial charge in [-0.3, -0.25) is 15.0 Å². The molecule has 0 saturated carbocycles. The third-order valence-electron chi connectivity index (χ3n) is 6.05. The zero-order valence-corrected chi connectivity index (χ0v) is 20.8. The number of likely N-dealkylation sites (tertiary alicyclic amines) is 1. The van der Waals surface area contributed by atoms with Gasteiger partial charge in [0.1, 0.15) is 17.5 Å². The lowest BCUT2D eigenvalue weighted by atomic mass is 9.92. The Hall–Kier alpha value is -4.08. The van der Waals surface area contributed by atoms with Crippen LogP contribution in [0.5, 0.6) is 11.5 Å². The van der Waals surface area contributed by atoms with Crippen LogP contribution >= 0.6 is 0 Å². The van der Waals surface area contributed by atoms with Gasteiger partial charge in [-0.25, -0.2) is 28.4 Å². The first-order chi connectivity index (χ1) is 17.3. The molecule has 15 nitrogen and oxygen atoms in total. The summed E-state index contributed by atoms with van der Waals surface area (Å²) in [6, 6.07) is 0.598. The molecular formula is C21H26N4O11S. The number of hydrazine groups is 1. The average molecular weight is 543 g/mol. The van der Waals surface area contributed by atoms with Crippen molar-refractivity contribution in [2.24, 2.45) is 4.99 Å². The number of phenols is 2. The van der Waals surface area contributed by atoms with Crippen LogP contribution in [0.2, 0.25) is 0 Å². The van der Waals surface area contributed by atoms with Gasteiger partial charge in [-0.2, -0.15) is 0 Å². The van der Waals surface area contributed by atoms with Gasteiger partial charge in [0.15, 0.2) is 34.3 Å². The van der Waals surface area contributed by atoms with Gasteiger partial charge >= 0.3 is 12.1 Å². The first kappa shape index (κ1) is 27.5. The summed E-state index contributed by atoms with van der Waals surface area (Å²) in [6.07, 6.45) is -2.07. The van der Waals surface area contributed by atoms with Crippen LogP contribution in [-0.4, -0.2) is 94.0 Å². The van der Waals surface area contributed by atoms with Gasteiger partial charge in [-0.05, 0) is 32.9 Å². The summed E-state index contributed by atoms with van der Waals surface area (Å²) < 4.78 is 32.2. The van der Waals surface area contributed by atoms with Gasteiger partial charge in [0, 0.05) is 12.5 Å². The largest absolute Gasteiger partial charge is 0.504 e. The Morgan fingerprint density at radius 3 is 2.51 bits per heavy atom. The minimum atomic E-state index is -3.50. The van der Waals surface area contributed by atoms with Crippen molar-refractivity contribution in [1.82, 2.24) is 15.8 Å². The van der Waals surface area contributed by atoms with Gasteiger partial charge in [0.25, 0.3) is 5.91 Å². The number of hydrogen-bond acceptors (Lipinski definition) is 11. The second kappa shape index (κ2) is 10.5. The number of aliphatic carboxylic acids is 1. The number of β-lactam (4-membered cyclic amide) rings is 1. The van der Waals surface area contributed by atoms with Gasteiger partial charge in [-0.1, -0.05) is 6.07 Å². The van der Waals surface area contributed by atoms with Crippen molar-refractivity contribution in [1.29, 1.82) is 0 Å². The Balaban J connectivity index is 1.63. The average Bonchev–Trinajstić information content (AvgIpc) is 3.22. The molecule has 0 spiro atoms. The molecule has 37 heavy (non-hydrogen) atoms. The maximum absolute atomic E-state index is 12.5. The quantitative estimate of drug-likeness (QED) is 0.0994. The molecule has 2 aliphatic rings. The van der Waals surface area contributed by atoms with E-state index < -0.39 is 81.7 Å². The summed E-state index contributed by atoms with van der Waals surface area (Å²) in [5.41, 5.74) is 3.99. The number of phenolic OH excluding ortho intramolecular Hbond substituents is 2. The molecule has 16 heteroatoms. The number of benzene rings is 1. The standard InChI is InChI=1S/C21H26N4O11S/c1-9-7-13(27)25(9)16(19(30)31)21(3,37(33)34)8-35-20(32)24-23-17(29)14-10(2)36-18(22-14)11-5-4-6-12(26)15(11)28/h4-6,9-10,14,16,26,28,37H,7-8H2,1-3H3,(H,23,29)(H,24,32)(H,30,31)/t9-,10-,14+,16+,21+/m1/s1. The van der Waals surface area contributed by atoms with E-state index in [9.17, 15) is 42.9 Å².